The van der Waals surface area contributed by atoms with Gasteiger partial charge < -0.3 is 25.8 Å². The second kappa shape index (κ2) is 10.0. The number of aromatic nitrogens is 2. The molecule has 3 amide bonds. The van der Waals surface area contributed by atoms with Gasteiger partial charge in [0, 0.05) is 30.0 Å². The molecule has 4 N–H and O–H groups in total. The molecule has 3 rings (SSSR count). The van der Waals surface area contributed by atoms with E-state index in [1.54, 1.807) is 25.1 Å². The van der Waals surface area contributed by atoms with Crippen LogP contribution in [0.4, 0.5) is 15.8 Å². The highest BCUT2D eigenvalue weighted by Crippen LogP contribution is 2.25. The number of likely N-dealkylation sites (N-methyl/N-ethyl adjacent to an activating group) is 1. The monoisotopic (exact) mass is 452 g/mol. The molecule has 0 atom stereocenters. The number of carbonyl (C=O) groups is 3. The average molecular weight is 452 g/mol. The van der Waals surface area contributed by atoms with E-state index in [2.05, 4.69) is 15.3 Å². The molecule has 0 radical (unpaired) electrons. The summed E-state index contributed by atoms with van der Waals surface area (Å²) in [5.74, 6) is -2.06. The van der Waals surface area contributed by atoms with E-state index in [1.165, 1.54) is 35.5 Å². The highest BCUT2D eigenvalue weighted by atomic mass is 19.1. The van der Waals surface area contributed by atoms with E-state index in [-0.39, 0.29) is 17.3 Å². The molecule has 0 aliphatic rings. The third-order valence-corrected chi connectivity index (χ3v) is 4.98. The minimum absolute atomic E-state index is 0.00704. The number of rotatable bonds is 8. The number of halogens is 1. The Hall–Kier alpha value is -4.05. The zero-order valence-corrected chi connectivity index (χ0v) is 18.6. The van der Waals surface area contributed by atoms with Crippen molar-refractivity contribution in [2.45, 2.75) is 6.92 Å². The van der Waals surface area contributed by atoms with Gasteiger partial charge in [-0.2, -0.15) is 0 Å². The van der Waals surface area contributed by atoms with Crippen LogP contribution in [0.1, 0.15) is 36.9 Å². The molecule has 0 saturated heterocycles. The first-order valence-corrected chi connectivity index (χ1v) is 10.1. The van der Waals surface area contributed by atoms with Crippen LogP contribution in [0.25, 0.3) is 0 Å². The van der Waals surface area contributed by atoms with Crippen LogP contribution < -0.4 is 16.0 Å². The molecular weight excluding hydrogens is 427 g/mol. The molecule has 172 valence electrons. The Morgan fingerprint density at radius 3 is 2.39 bits per heavy atom. The second-order valence-electron chi connectivity index (χ2n) is 7.71. The number of anilines is 2. The number of nitrogens with zero attached hydrogens (tertiary/aromatic N) is 3. The van der Waals surface area contributed by atoms with Crippen molar-refractivity contribution in [2.24, 2.45) is 5.73 Å². The van der Waals surface area contributed by atoms with Crippen LogP contribution in [0, 0.1) is 12.7 Å². The zero-order valence-electron chi connectivity index (χ0n) is 18.6. The van der Waals surface area contributed by atoms with E-state index < -0.39 is 17.6 Å². The number of primary amides is 1. The first-order valence-electron chi connectivity index (χ1n) is 10.1. The quantitative estimate of drug-likeness (QED) is 0.484. The summed E-state index contributed by atoms with van der Waals surface area (Å²) >= 11 is 0. The third kappa shape index (κ3) is 5.60. The molecule has 0 aliphatic carbocycles. The van der Waals surface area contributed by atoms with E-state index in [4.69, 9.17) is 5.73 Å². The van der Waals surface area contributed by atoms with Crippen molar-refractivity contribution in [1.82, 2.24) is 14.9 Å². The van der Waals surface area contributed by atoms with Gasteiger partial charge in [0.1, 0.15) is 11.5 Å². The number of nitrogens with one attached hydrogen (secondary N) is 2. The predicted octanol–water partition coefficient (Wildman–Crippen LogP) is 2.42. The van der Waals surface area contributed by atoms with E-state index in [9.17, 15) is 18.8 Å². The second-order valence-corrected chi connectivity index (χ2v) is 7.71. The van der Waals surface area contributed by atoms with E-state index >= 15 is 0 Å². The Morgan fingerprint density at radius 1 is 1.09 bits per heavy atom. The molecule has 0 saturated carbocycles. The van der Waals surface area contributed by atoms with Crippen LogP contribution >= 0.6 is 0 Å². The summed E-state index contributed by atoms with van der Waals surface area (Å²) in [7, 11) is 3.76. The number of hydrogen-bond acceptors (Lipinski definition) is 5. The lowest BCUT2D eigenvalue weighted by Crippen LogP contribution is -2.38. The van der Waals surface area contributed by atoms with Crippen LogP contribution in [-0.2, 0) is 0 Å². The molecule has 0 aliphatic heterocycles. The molecule has 33 heavy (non-hydrogen) atoms. The van der Waals surface area contributed by atoms with Crippen molar-refractivity contribution >= 4 is 29.1 Å². The smallest absolute Gasteiger partial charge is 0.277 e. The van der Waals surface area contributed by atoms with Gasteiger partial charge in [-0.1, -0.05) is 0 Å². The number of amides is 3. The number of hydrogen-bond donors (Lipinski definition) is 3. The van der Waals surface area contributed by atoms with Gasteiger partial charge in [-0.15, -0.1) is 0 Å². The van der Waals surface area contributed by atoms with Crippen LogP contribution in [0.3, 0.4) is 0 Å². The Morgan fingerprint density at radius 2 is 1.79 bits per heavy atom. The van der Waals surface area contributed by atoms with E-state index in [1.807, 2.05) is 19.0 Å². The highest BCUT2D eigenvalue weighted by molar-refractivity contribution is 6.11. The Balaban J connectivity index is 1.88. The maximum atomic E-state index is 13.3. The van der Waals surface area contributed by atoms with Crippen molar-refractivity contribution in [3.05, 3.63) is 77.1 Å². The molecule has 0 unspecified atom stereocenters. The predicted molar refractivity (Wildman–Crippen MR) is 123 cm³/mol. The summed E-state index contributed by atoms with van der Waals surface area (Å²) in [5, 5.41) is 2.79. The lowest BCUT2D eigenvalue weighted by Gasteiger charge is -2.25. The summed E-state index contributed by atoms with van der Waals surface area (Å²) in [5.41, 5.74) is 7.38. The topological polar surface area (TPSA) is 124 Å². The van der Waals surface area contributed by atoms with E-state index in [0.29, 0.717) is 35.6 Å². The van der Waals surface area contributed by atoms with Crippen molar-refractivity contribution in [3.63, 3.8) is 0 Å². The third-order valence-electron chi connectivity index (χ3n) is 4.98. The largest absolute Gasteiger partial charge is 0.364 e. The molecule has 0 bridgehead atoms. The van der Waals surface area contributed by atoms with E-state index in [0.717, 1.165) is 0 Å². The van der Waals surface area contributed by atoms with Crippen LogP contribution in [0.15, 0.2) is 48.8 Å². The molecule has 9 nitrogen and oxygen atoms in total. The number of nitrogens with two attached hydrogens (primary N) is 1. The Labute approximate surface area is 190 Å². The van der Waals surface area contributed by atoms with Gasteiger partial charge in [0.15, 0.2) is 5.69 Å². The molecule has 2 aromatic carbocycles. The summed E-state index contributed by atoms with van der Waals surface area (Å²) in [6, 6.07) is 10.4. The number of aryl methyl sites for hydroxylation is 1. The van der Waals surface area contributed by atoms with Gasteiger partial charge in [0.2, 0.25) is 0 Å². The fourth-order valence-corrected chi connectivity index (χ4v) is 3.18. The normalized spacial score (nSPS) is 10.8. The van der Waals surface area contributed by atoms with Gasteiger partial charge in [0.25, 0.3) is 17.7 Å². The fraction of sp³-hybridized carbons (Fsp3) is 0.217. The summed E-state index contributed by atoms with van der Waals surface area (Å²) < 4.78 is 13.1. The zero-order chi connectivity index (χ0) is 24.1. The number of aromatic amines is 1. The van der Waals surface area contributed by atoms with Gasteiger partial charge in [-0.3, -0.25) is 14.4 Å². The highest BCUT2D eigenvalue weighted by Gasteiger charge is 2.25. The summed E-state index contributed by atoms with van der Waals surface area (Å²) in [6.07, 6.45) is 1.25. The number of imidazole rings is 1. The van der Waals surface area contributed by atoms with Crippen LogP contribution in [-0.4, -0.2) is 59.8 Å². The van der Waals surface area contributed by atoms with Gasteiger partial charge in [-0.25, -0.2) is 9.37 Å². The Kier molecular flexibility index (Phi) is 7.19. The average Bonchev–Trinajstić information content (AvgIpc) is 3.26. The first kappa shape index (κ1) is 23.6. The molecular formula is C23H25FN6O3. The van der Waals surface area contributed by atoms with Gasteiger partial charge >= 0.3 is 0 Å². The van der Waals surface area contributed by atoms with Crippen molar-refractivity contribution in [3.8, 4) is 0 Å². The molecule has 0 fully saturated rings. The number of carbonyl (C=O) groups excluding carboxylic acids is 3. The fourth-order valence-electron chi connectivity index (χ4n) is 3.18. The lowest BCUT2D eigenvalue weighted by molar-refractivity contribution is 0.0954. The van der Waals surface area contributed by atoms with Crippen LogP contribution in [0.5, 0.6) is 0 Å². The maximum Gasteiger partial charge on any atom is 0.277 e. The first-order chi connectivity index (χ1) is 15.7. The van der Waals surface area contributed by atoms with Gasteiger partial charge in [-0.05, 0) is 69.0 Å². The van der Waals surface area contributed by atoms with Crippen molar-refractivity contribution in [1.29, 1.82) is 0 Å². The van der Waals surface area contributed by atoms with Crippen molar-refractivity contribution in [2.75, 3.05) is 37.4 Å². The molecule has 1 heterocycles. The molecule has 10 heteroatoms. The van der Waals surface area contributed by atoms with Gasteiger partial charge in [0.05, 0.1) is 6.33 Å². The minimum Gasteiger partial charge on any atom is -0.364 e. The summed E-state index contributed by atoms with van der Waals surface area (Å²) in [4.78, 5) is 47.4. The van der Waals surface area contributed by atoms with Crippen molar-refractivity contribution < 1.29 is 18.8 Å². The SMILES string of the molecule is Cc1cc(N(CCN(C)C)C(=O)c2[nH]cnc2C(N)=O)ccc1NC(=O)c1ccc(F)cc1. The molecule has 3 aromatic rings. The lowest BCUT2D eigenvalue weighted by atomic mass is 10.1. The van der Waals surface area contributed by atoms with Crippen LogP contribution in [0.2, 0.25) is 0 Å². The number of benzene rings is 2. The maximum absolute atomic E-state index is 13.3. The summed E-state index contributed by atoms with van der Waals surface area (Å²) in [6.45, 7) is 2.70. The molecule has 0 spiro atoms. The standard InChI is InChI=1S/C23H25FN6O3/c1-14-12-17(8-9-18(14)28-22(32)15-4-6-16(24)7-5-15)30(11-10-29(2)3)23(33)20-19(21(25)31)26-13-27-20/h4-9,12-13H,10-11H2,1-3H3,(H2,25,31)(H,26,27)(H,28,32). The Bertz CT molecular complexity index is 1170. The number of H-pyrrole nitrogens is 1. The minimum atomic E-state index is -0.804. The molecule has 1 aromatic heterocycles.